The van der Waals surface area contributed by atoms with E-state index in [9.17, 15) is 0 Å². The summed E-state index contributed by atoms with van der Waals surface area (Å²) in [6.45, 7) is 9.62. The van der Waals surface area contributed by atoms with E-state index in [1.54, 1.807) is 0 Å². The van der Waals surface area contributed by atoms with Crippen molar-refractivity contribution < 1.29 is 9.47 Å². The molecule has 2 aromatic carbocycles. The lowest BCUT2D eigenvalue weighted by atomic mass is 10.1. The highest BCUT2D eigenvalue weighted by molar-refractivity contribution is 5.79. The van der Waals surface area contributed by atoms with Crippen LogP contribution in [0.15, 0.2) is 59.6 Å². The van der Waals surface area contributed by atoms with Gasteiger partial charge in [0.25, 0.3) is 0 Å². The monoisotopic (exact) mass is 410 g/mol. The van der Waals surface area contributed by atoms with Gasteiger partial charge in [-0.1, -0.05) is 42.5 Å². The molecule has 1 aliphatic rings. The van der Waals surface area contributed by atoms with E-state index in [0.717, 1.165) is 69.6 Å². The van der Waals surface area contributed by atoms with Crippen molar-refractivity contribution in [1.82, 2.24) is 15.5 Å². The Bertz CT molecular complexity index is 761. The maximum atomic E-state index is 5.96. The van der Waals surface area contributed by atoms with Crippen molar-refractivity contribution in [1.29, 1.82) is 0 Å². The Kier molecular flexibility index (Phi) is 9.50. The summed E-state index contributed by atoms with van der Waals surface area (Å²) in [7, 11) is 0. The second kappa shape index (κ2) is 12.9. The van der Waals surface area contributed by atoms with E-state index in [-0.39, 0.29) is 0 Å². The predicted molar refractivity (Wildman–Crippen MR) is 122 cm³/mol. The molecule has 0 atom stereocenters. The van der Waals surface area contributed by atoms with E-state index in [4.69, 9.17) is 14.5 Å². The Morgan fingerprint density at radius 3 is 2.63 bits per heavy atom. The summed E-state index contributed by atoms with van der Waals surface area (Å²) in [6.07, 6.45) is 0.970. The first-order chi connectivity index (χ1) is 14.8. The lowest BCUT2D eigenvalue weighted by Gasteiger charge is -2.26. The molecule has 3 rings (SSSR count). The first-order valence-electron chi connectivity index (χ1n) is 10.9. The third-order valence-corrected chi connectivity index (χ3v) is 4.99. The van der Waals surface area contributed by atoms with Gasteiger partial charge in [0.05, 0.1) is 19.8 Å². The Morgan fingerprint density at radius 1 is 1.03 bits per heavy atom. The topological polar surface area (TPSA) is 58.1 Å². The zero-order valence-electron chi connectivity index (χ0n) is 18.0. The minimum atomic E-state index is 0.612. The van der Waals surface area contributed by atoms with Crippen LogP contribution in [0.4, 0.5) is 0 Å². The van der Waals surface area contributed by atoms with Crippen LogP contribution in [-0.2, 0) is 17.7 Å². The molecule has 0 aliphatic carbocycles. The number of morpholine rings is 1. The predicted octanol–water partition coefficient (Wildman–Crippen LogP) is 2.70. The number of aliphatic imine (C=N–C) groups is 1. The molecule has 6 heteroatoms. The van der Waals surface area contributed by atoms with Gasteiger partial charge in [-0.3, -0.25) is 4.90 Å². The second-order valence-corrected chi connectivity index (χ2v) is 7.31. The van der Waals surface area contributed by atoms with Crippen LogP contribution in [-0.4, -0.2) is 63.4 Å². The van der Waals surface area contributed by atoms with E-state index < -0.39 is 0 Å². The minimum Gasteiger partial charge on any atom is -0.492 e. The van der Waals surface area contributed by atoms with Crippen LogP contribution in [0.5, 0.6) is 5.75 Å². The number of hydrogen-bond donors (Lipinski definition) is 2. The molecule has 0 aromatic heterocycles. The van der Waals surface area contributed by atoms with Gasteiger partial charge in [-0.05, 0) is 36.6 Å². The highest BCUT2D eigenvalue weighted by Gasteiger charge is 2.09. The van der Waals surface area contributed by atoms with E-state index in [1.165, 1.54) is 5.56 Å². The third kappa shape index (κ3) is 8.05. The van der Waals surface area contributed by atoms with E-state index in [0.29, 0.717) is 13.2 Å². The van der Waals surface area contributed by atoms with Gasteiger partial charge in [-0.15, -0.1) is 0 Å². The van der Waals surface area contributed by atoms with Crippen molar-refractivity contribution >= 4 is 5.96 Å². The van der Waals surface area contributed by atoms with Gasteiger partial charge < -0.3 is 20.1 Å². The first-order valence-corrected chi connectivity index (χ1v) is 10.9. The lowest BCUT2D eigenvalue weighted by molar-refractivity contribution is 0.0322. The summed E-state index contributed by atoms with van der Waals surface area (Å²) in [5.41, 5.74) is 2.46. The molecule has 0 spiro atoms. The minimum absolute atomic E-state index is 0.612. The van der Waals surface area contributed by atoms with Gasteiger partial charge in [0, 0.05) is 32.7 Å². The van der Waals surface area contributed by atoms with Crippen molar-refractivity contribution in [2.75, 3.05) is 52.5 Å². The highest BCUT2D eigenvalue weighted by atomic mass is 16.5. The first kappa shape index (κ1) is 22.1. The van der Waals surface area contributed by atoms with Crippen molar-refractivity contribution in [3.63, 3.8) is 0 Å². The molecule has 6 nitrogen and oxygen atoms in total. The number of guanidine groups is 1. The quantitative estimate of drug-likeness (QED) is 0.466. The van der Waals surface area contributed by atoms with Gasteiger partial charge in [0.2, 0.25) is 0 Å². The summed E-state index contributed by atoms with van der Waals surface area (Å²) in [5, 5.41) is 6.73. The number of nitrogens with one attached hydrogen (secondary N) is 2. The van der Waals surface area contributed by atoms with Crippen LogP contribution in [0.3, 0.4) is 0 Å². The maximum absolute atomic E-state index is 5.96. The summed E-state index contributed by atoms with van der Waals surface area (Å²) < 4.78 is 11.3. The smallest absolute Gasteiger partial charge is 0.191 e. The lowest BCUT2D eigenvalue weighted by Crippen LogP contribution is -2.38. The van der Waals surface area contributed by atoms with Gasteiger partial charge in [-0.2, -0.15) is 0 Å². The third-order valence-electron chi connectivity index (χ3n) is 4.99. The molecule has 2 N–H and O–H groups in total. The molecule has 2 aromatic rings. The summed E-state index contributed by atoms with van der Waals surface area (Å²) >= 11 is 0. The summed E-state index contributed by atoms with van der Waals surface area (Å²) in [6, 6.07) is 18.7. The molecule has 30 heavy (non-hydrogen) atoms. The van der Waals surface area contributed by atoms with Crippen molar-refractivity contribution in [2.45, 2.75) is 19.9 Å². The molecule has 0 radical (unpaired) electrons. The second-order valence-electron chi connectivity index (χ2n) is 7.31. The molecular weight excluding hydrogens is 376 g/mol. The normalized spacial score (nSPS) is 15.0. The Morgan fingerprint density at radius 2 is 1.83 bits per heavy atom. The molecule has 0 unspecified atom stereocenters. The maximum Gasteiger partial charge on any atom is 0.191 e. The Hall–Kier alpha value is -2.57. The molecule has 162 valence electrons. The molecule has 1 fully saturated rings. The molecule has 0 bridgehead atoms. The number of rotatable bonds is 10. The fourth-order valence-corrected chi connectivity index (χ4v) is 3.33. The molecule has 1 aliphatic heterocycles. The van der Waals surface area contributed by atoms with Gasteiger partial charge >= 0.3 is 0 Å². The van der Waals surface area contributed by atoms with Gasteiger partial charge in [0.1, 0.15) is 12.4 Å². The summed E-state index contributed by atoms with van der Waals surface area (Å²) in [5.74, 6) is 1.74. The molecular formula is C24H34N4O2. The van der Waals surface area contributed by atoms with Crippen LogP contribution in [0.2, 0.25) is 0 Å². The number of benzene rings is 2. The van der Waals surface area contributed by atoms with Crippen LogP contribution in [0.25, 0.3) is 0 Å². The van der Waals surface area contributed by atoms with Crippen molar-refractivity contribution in [3.8, 4) is 5.75 Å². The number of ether oxygens (including phenoxy) is 2. The van der Waals surface area contributed by atoms with Crippen LogP contribution in [0, 0.1) is 0 Å². The van der Waals surface area contributed by atoms with Crippen molar-refractivity contribution in [2.24, 2.45) is 4.99 Å². The van der Waals surface area contributed by atoms with Crippen LogP contribution in [0.1, 0.15) is 18.1 Å². The summed E-state index contributed by atoms with van der Waals surface area (Å²) in [4.78, 5) is 7.10. The molecule has 0 saturated carbocycles. The number of nitrogens with zero attached hydrogens (tertiary/aromatic N) is 2. The van der Waals surface area contributed by atoms with E-state index >= 15 is 0 Å². The average Bonchev–Trinajstić information content (AvgIpc) is 2.79. The Balaban J connectivity index is 1.45. The van der Waals surface area contributed by atoms with Crippen LogP contribution < -0.4 is 15.4 Å². The van der Waals surface area contributed by atoms with Crippen LogP contribution >= 0.6 is 0 Å². The fourth-order valence-electron chi connectivity index (χ4n) is 3.33. The van der Waals surface area contributed by atoms with Crippen molar-refractivity contribution in [3.05, 3.63) is 65.7 Å². The van der Waals surface area contributed by atoms with E-state index in [2.05, 4.69) is 58.9 Å². The Labute approximate surface area is 180 Å². The molecule has 1 saturated heterocycles. The van der Waals surface area contributed by atoms with Gasteiger partial charge in [0.15, 0.2) is 5.96 Å². The van der Waals surface area contributed by atoms with E-state index in [1.807, 2.05) is 18.2 Å². The molecule has 0 amide bonds. The zero-order chi connectivity index (χ0) is 20.9. The fraction of sp³-hybridized carbons (Fsp3) is 0.458. The molecule has 1 heterocycles. The zero-order valence-corrected chi connectivity index (χ0v) is 18.0. The SMILES string of the molecule is CCNC(=NCc1cccc(OCCN2CCOCC2)c1)NCCc1ccccc1. The average molecular weight is 411 g/mol. The largest absolute Gasteiger partial charge is 0.492 e. The standard InChI is InChI=1S/C24H34N4O2/c1-2-25-24(26-12-11-21-7-4-3-5-8-21)27-20-22-9-6-10-23(19-22)30-18-15-28-13-16-29-17-14-28/h3-10,19H,2,11-18,20H2,1H3,(H2,25,26,27). The number of hydrogen-bond acceptors (Lipinski definition) is 4. The van der Waals surface area contributed by atoms with Gasteiger partial charge in [-0.25, -0.2) is 4.99 Å². The highest BCUT2D eigenvalue weighted by Crippen LogP contribution is 2.14.